The summed E-state index contributed by atoms with van der Waals surface area (Å²) in [5.41, 5.74) is 0.883. The number of esters is 1. The first kappa shape index (κ1) is 18.3. The molecule has 0 aliphatic carbocycles. The number of aromatic nitrogens is 2. The molecular weight excluding hydrogens is 406 g/mol. The Morgan fingerprint density at radius 3 is 2.68 bits per heavy atom. The van der Waals surface area contributed by atoms with Gasteiger partial charge in [-0.3, -0.25) is 9.69 Å². The van der Waals surface area contributed by atoms with Crippen LogP contribution in [-0.4, -0.2) is 40.3 Å². The van der Waals surface area contributed by atoms with Crippen molar-refractivity contribution < 1.29 is 13.9 Å². The minimum atomic E-state index is -0.0854. The molecule has 1 fully saturated rings. The lowest BCUT2D eigenvalue weighted by molar-refractivity contribution is -0.149. The Balaban J connectivity index is 1.62. The van der Waals surface area contributed by atoms with Gasteiger partial charge in [0.05, 0.1) is 19.2 Å². The predicted octanol–water partition coefficient (Wildman–Crippen LogP) is 3.87. The number of hydrogen-bond donors (Lipinski definition) is 0. The number of piperidine rings is 1. The van der Waals surface area contributed by atoms with Crippen molar-refractivity contribution in [3.05, 3.63) is 33.6 Å². The molecule has 0 N–H and O–H groups in total. The number of nitrogens with zero attached hydrogens (tertiary/aromatic N) is 3. The van der Waals surface area contributed by atoms with Crippen LogP contribution in [0.15, 0.2) is 33.2 Å². The van der Waals surface area contributed by atoms with Crippen LogP contribution in [0.1, 0.15) is 19.8 Å². The average Bonchev–Trinajstić information content (AvgIpc) is 2.97. The van der Waals surface area contributed by atoms with Crippen molar-refractivity contribution in [1.82, 2.24) is 14.7 Å². The van der Waals surface area contributed by atoms with Crippen molar-refractivity contribution in [2.75, 3.05) is 19.7 Å². The Morgan fingerprint density at radius 2 is 2.04 bits per heavy atom. The molecule has 6 nitrogen and oxygen atoms in total. The van der Waals surface area contributed by atoms with Gasteiger partial charge < -0.3 is 9.15 Å². The summed E-state index contributed by atoms with van der Waals surface area (Å²) in [6.45, 7) is 4.46. The first-order valence-electron chi connectivity index (χ1n) is 8.29. The second kappa shape index (κ2) is 8.25. The van der Waals surface area contributed by atoms with Crippen molar-refractivity contribution in [3.63, 3.8) is 0 Å². The van der Waals surface area contributed by atoms with E-state index in [2.05, 4.69) is 25.9 Å². The molecule has 0 saturated carbocycles. The molecule has 0 atom stereocenters. The van der Waals surface area contributed by atoms with Crippen LogP contribution >= 0.6 is 28.1 Å². The summed E-state index contributed by atoms with van der Waals surface area (Å²) in [7, 11) is 0. The van der Waals surface area contributed by atoms with Gasteiger partial charge in [-0.2, -0.15) is 0 Å². The highest BCUT2D eigenvalue weighted by Gasteiger charge is 2.26. The third kappa shape index (κ3) is 4.56. The molecule has 1 aliphatic rings. The van der Waals surface area contributed by atoms with Gasteiger partial charge in [0.15, 0.2) is 0 Å². The number of rotatable bonds is 5. The third-order valence-corrected chi connectivity index (χ3v) is 5.06. The lowest BCUT2D eigenvalue weighted by Gasteiger charge is -2.30. The summed E-state index contributed by atoms with van der Waals surface area (Å²) >= 11 is 8.70. The zero-order valence-corrected chi connectivity index (χ0v) is 16.4. The molecule has 134 valence electrons. The van der Waals surface area contributed by atoms with Crippen molar-refractivity contribution >= 4 is 34.1 Å². The second-order valence-corrected chi connectivity index (χ2v) is 7.23. The predicted molar refractivity (Wildman–Crippen MR) is 99.4 cm³/mol. The van der Waals surface area contributed by atoms with Crippen molar-refractivity contribution in [3.8, 4) is 11.5 Å². The van der Waals surface area contributed by atoms with E-state index in [1.807, 2.05) is 31.2 Å². The fraction of sp³-hybridized carbons (Fsp3) is 0.471. The lowest BCUT2D eigenvalue weighted by atomic mass is 9.97. The number of ether oxygens (including phenoxy) is 1. The van der Waals surface area contributed by atoms with Crippen LogP contribution < -0.4 is 0 Å². The van der Waals surface area contributed by atoms with E-state index in [0.29, 0.717) is 24.0 Å². The van der Waals surface area contributed by atoms with E-state index in [4.69, 9.17) is 21.4 Å². The van der Waals surface area contributed by atoms with Crippen LogP contribution in [0.5, 0.6) is 0 Å². The Morgan fingerprint density at radius 1 is 1.36 bits per heavy atom. The Labute approximate surface area is 159 Å². The van der Waals surface area contributed by atoms with Gasteiger partial charge >= 0.3 is 5.97 Å². The van der Waals surface area contributed by atoms with Crippen molar-refractivity contribution in [1.29, 1.82) is 0 Å². The van der Waals surface area contributed by atoms with E-state index in [1.54, 1.807) is 4.68 Å². The van der Waals surface area contributed by atoms with Gasteiger partial charge in [0.2, 0.25) is 5.89 Å². The summed E-state index contributed by atoms with van der Waals surface area (Å²) in [6, 6.07) is 7.74. The summed E-state index contributed by atoms with van der Waals surface area (Å²) in [5.74, 6) is 0.427. The van der Waals surface area contributed by atoms with Crippen LogP contribution in [0.25, 0.3) is 11.5 Å². The first-order chi connectivity index (χ1) is 12.1. The summed E-state index contributed by atoms with van der Waals surface area (Å²) in [6.07, 6.45) is 1.59. The maximum Gasteiger partial charge on any atom is 0.309 e. The van der Waals surface area contributed by atoms with Crippen LogP contribution in [-0.2, 0) is 16.2 Å². The normalized spacial score (nSPS) is 16.1. The largest absolute Gasteiger partial charge is 0.466 e. The minimum Gasteiger partial charge on any atom is -0.466 e. The fourth-order valence-electron chi connectivity index (χ4n) is 2.86. The number of likely N-dealkylation sites (tertiary alicyclic amines) is 1. The molecular formula is C17H20BrN3O3S. The molecule has 8 heteroatoms. The summed E-state index contributed by atoms with van der Waals surface area (Å²) in [4.78, 5) is 14.4. The smallest absolute Gasteiger partial charge is 0.309 e. The average molecular weight is 426 g/mol. The Kier molecular flexibility index (Phi) is 6.03. The molecule has 0 bridgehead atoms. The van der Waals surface area contributed by atoms with Gasteiger partial charge in [-0.05, 0) is 56.2 Å². The number of halogens is 1. The quantitative estimate of drug-likeness (QED) is 0.535. The highest BCUT2D eigenvalue weighted by Crippen LogP contribution is 2.22. The van der Waals surface area contributed by atoms with Gasteiger partial charge in [0, 0.05) is 23.1 Å². The third-order valence-electron chi connectivity index (χ3n) is 4.24. The van der Waals surface area contributed by atoms with Crippen molar-refractivity contribution in [2.45, 2.75) is 26.4 Å². The van der Waals surface area contributed by atoms with E-state index < -0.39 is 0 Å². The minimum absolute atomic E-state index is 0.000178. The maximum absolute atomic E-state index is 11.8. The van der Waals surface area contributed by atoms with Gasteiger partial charge in [0.1, 0.15) is 0 Å². The molecule has 1 aromatic heterocycles. The van der Waals surface area contributed by atoms with Gasteiger partial charge in [0.25, 0.3) is 4.84 Å². The number of carbonyl (C=O) groups is 1. The highest BCUT2D eigenvalue weighted by atomic mass is 79.9. The van der Waals surface area contributed by atoms with Crippen LogP contribution in [0, 0.1) is 10.8 Å². The molecule has 3 rings (SSSR count). The van der Waals surface area contributed by atoms with Crippen molar-refractivity contribution in [2.24, 2.45) is 5.92 Å². The summed E-state index contributed by atoms with van der Waals surface area (Å²) < 4.78 is 13.4. The molecule has 2 aromatic rings. The summed E-state index contributed by atoms with van der Waals surface area (Å²) in [5, 5.41) is 4.48. The van der Waals surface area contributed by atoms with Crippen LogP contribution in [0.4, 0.5) is 0 Å². The van der Waals surface area contributed by atoms with E-state index in [0.717, 1.165) is 36.0 Å². The number of benzene rings is 1. The molecule has 0 spiro atoms. The fourth-order valence-corrected chi connectivity index (χ4v) is 3.31. The molecule has 0 unspecified atom stereocenters. The molecule has 2 heterocycles. The number of hydrogen-bond acceptors (Lipinski definition) is 6. The zero-order valence-electron chi connectivity index (χ0n) is 14.0. The first-order valence-corrected chi connectivity index (χ1v) is 9.50. The Bertz CT molecular complexity index is 779. The van der Waals surface area contributed by atoms with Crippen LogP contribution in [0.3, 0.4) is 0 Å². The second-order valence-electron chi connectivity index (χ2n) is 5.97. The number of carbonyl (C=O) groups excluding carboxylic acids is 1. The zero-order chi connectivity index (χ0) is 17.8. The highest BCUT2D eigenvalue weighted by molar-refractivity contribution is 9.10. The van der Waals surface area contributed by atoms with E-state index >= 15 is 0 Å². The molecule has 1 aliphatic heterocycles. The standard InChI is InChI=1S/C17H20BrN3O3S/c1-2-23-16(22)13-7-9-20(10-8-13)11-21-17(25)24-15(19-21)12-3-5-14(18)6-4-12/h3-6,13H,2,7-11H2,1H3. The topological polar surface area (TPSA) is 60.5 Å². The van der Waals surface area contributed by atoms with Gasteiger partial charge in [-0.25, -0.2) is 4.68 Å². The molecule has 0 amide bonds. The van der Waals surface area contributed by atoms with E-state index in [1.165, 1.54) is 0 Å². The molecule has 0 radical (unpaired) electrons. The molecule has 25 heavy (non-hydrogen) atoms. The van der Waals surface area contributed by atoms with E-state index in [-0.39, 0.29) is 11.9 Å². The van der Waals surface area contributed by atoms with Gasteiger partial charge in [-0.15, -0.1) is 5.10 Å². The molecule has 1 aromatic carbocycles. The van der Waals surface area contributed by atoms with Gasteiger partial charge in [-0.1, -0.05) is 15.9 Å². The SMILES string of the molecule is CCOC(=O)C1CCN(Cn2nc(-c3ccc(Br)cc3)oc2=S)CC1. The maximum atomic E-state index is 11.8. The Hall–Kier alpha value is -1.51. The monoisotopic (exact) mass is 425 g/mol. The van der Waals surface area contributed by atoms with Crippen LogP contribution in [0.2, 0.25) is 0 Å². The lowest BCUT2D eigenvalue weighted by Crippen LogP contribution is -2.38. The molecule has 1 saturated heterocycles. The van der Waals surface area contributed by atoms with E-state index in [9.17, 15) is 4.79 Å².